The molecule has 2 atom stereocenters. The van der Waals surface area contributed by atoms with Crippen LogP contribution in [-0.2, 0) is 9.59 Å². The number of hydrogen-bond acceptors (Lipinski definition) is 2. The van der Waals surface area contributed by atoms with Gasteiger partial charge in [0.05, 0.1) is 0 Å². The zero-order valence-electron chi connectivity index (χ0n) is 12.4. The van der Waals surface area contributed by atoms with Gasteiger partial charge in [-0.25, -0.2) is 4.79 Å². The zero-order valence-corrected chi connectivity index (χ0v) is 12.4. The van der Waals surface area contributed by atoms with Crippen molar-refractivity contribution >= 4 is 11.8 Å². The molecule has 2 aliphatic carbocycles. The molecule has 3 heteroatoms. The first-order chi connectivity index (χ1) is 9.95. The van der Waals surface area contributed by atoms with Gasteiger partial charge in [-0.1, -0.05) is 42.0 Å². The molecule has 0 aliphatic heterocycles. The quantitative estimate of drug-likeness (QED) is 0.620. The van der Waals surface area contributed by atoms with Gasteiger partial charge in [-0.15, -0.1) is 0 Å². The van der Waals surface area contributed by atoms with Gasteiger partial charge in [-0.2, -0.15) is 0 Å². The first-order valence-corrected chi connectivity index (χ1v) is 7.14. The Morgan fingerprint density at radius 1 is 1.29 bits per heavy atom. The van der Waals surface area contributed by atoms with E-state index in [1.165, 1.54) is 11.6 Å². The lowest BCUT2D eigenvalue weighted by Gasteiger charge is -2.07. The van der Waals surface area contributed by atoms with Crippen molar-refractivity contribution in [2.75, 3.05) is 0 Å². The summed E-state index contributed by atoms with van der Waals surface area (Å²) >= 11 is 0. The van der Waals surface area contributed by atoms with Crippen LogP contribution in [0.3, 0.4) is 0 Å². The number of carboxylic acid groups (broad SMARTS) is 1. The van der Waals surface area contributed by atoms with Crippen LogP contribution in [-0.4, -0.2) is 16.9 Å². The van der Waals surface area contributed by atoms with Gasteiger partial charge in [0.2, 0.25) is 0 Å². The molecule has 0 heterocycles. The summed E-state index contributed by atoms with van der Waals surface area (Å²) in [5, 5.41) is 8.60. The number of aliphatic carboxylic acids is 1. The van der Waals surface area contributed by atoms with Crippen molar-refractivity contribution < 1.29 is 14.7 Å². The van der Waals surface area contributed by atoms with E-state index in [9.17, 15) is 9.59 Å². The lowest BCUT2D eigenvalue weighted by atomic mass is 9.97. The van der Waals surface area contributed by atoms with Crippen molar-refractivity contribution in [3.8, 4) is 0 Å². The fraction of sp³-hybridized carbons (Fsp3) is 0.333. The van der Waals surface area contributed by atoms with E-state index in [4.69, 9.17) is 5.11 Å². The Morgan fingerprint density at radius 3 is 2.62 bits per heavy atom. The van der Waals surface area contributed by atoms with Crippen molar-refractivity contribution in [2.45, 2.75) is 26.7 Å². The summed E-state index contributed by atoms with van der Waals surface area (Å²) in [5.74, 6) is 0.0223. The van der Waals surface area contributed by atoms with Crippen LogP contribution in [0.4, 0.5) is 0 Å². The van der Waals surface area contributed by atoms with E-state index in [1.54, 1.807) is 13.0 Å². The van der Waals surface area contributed by atoms with Crippen LogP contribution in [0.1, 0.15) is 26.7 Å². The van der Waals surface area contributed by atoms with Crippen LogP contribution >= 0.6 is 0 Å². The molecule has 0 saturated heterocycles. The van der Waals surface area contributed by atoms with Gasteiger partial charge in [-0.3, -0.25) is 4.79 Å². The van der Waals surface area contributed by atoms with Gasteiger partial charge in [0.25, 0.3) is 0 Å². The number of Topliss-reactive ketones (excluding diaryl/α,β-unsaturated/α-hetero) is 1. The molecule has 1 fully saturated rings. The molecular weight excluding hydrogens is 264 g/mol. The summed E-state index contributed by atoms with van der Waals surface area (Å²) in [5.41, 5.74) is 3.06. The van der Waals surface area contributed by atoms with Crippen LogP contribution in [0.2, 0.25) is 0 Å². The summed E-state index contributed by atoms with van der Waals surface area (Å²) in [6.07, 6.45) is 14.6. The number of carboxylic acids is 1. The average Bonchev–Trinajstić information content (AvgIpc) is 2.94. The molecule has 0 aromatic rings. The molecule has 0 radical (unpaired) electrons. The molecule has 21 heavy (non-hydrogen) atoms. The Hall–Kier alpha value is -2.16. The van der Waals surface area contributed by atoms with E-state index in [1.807, 2.05) is 25.2 Å². The summed E-state index contributed by atoms with van der Waals surface area (Å²) in [4.78, 5) is 21.9. The van der Waals surface area contributed by atoms with Crippen LogP contribution in [0.25, 0.3) is 0 Å². The third-order valence-corrected chi connectivity index (χ3v) is 3.87. The second-order valence-corrected chi connectivity index (χ2v) is 5.71. The van der Waals surface area contributed by atoms with Crippen molar-refractivity contribution in [3.05, 3.63) is 59.3 Å². The molecule has 1 saturated carbocycles. The predicted molar refractivity (Wildman–Crippen MR) is 82.7 cm³/mol. The maximum absolute atomic E-state index is 11.5. The largest absolute Gasteiger partial charge is 0.478 e. The first-order valence-electron chi connectivity index (χ1n) is 7.14. The van der Waals surface area contributed by atoms with Crippen molar-refractivity contribution in [1.82, 2.24) is 0 Å². The summed E-state index contributed by atoms with van der Waals surface area (Å²) in [6.45, 7) is 3.75. The molecule has 2 aliphatic rings. The molecule has 0 aromatic carbocycles. The minimum absolute atomic E-state index is 0.155. The minimum atomic E-state index is -0.935. The SMILES string of the molecule is CC(/C=C/C1=CC2CC1CC2=O)=C\C=C\C(C)=C\C(=O)O. The first kappa shape index (κ1) is 15.2. The highest BCUT2D eigenvalue weighted by molar-refractivity contribution is 5.87. The Bertz CT molecular complexity index is 600. The van der Waals surface area contributed by atoms with E-state index in [-0.39, 0.29) is 5.92 Å². The van der Waals surface area contributed by atoms with Crippen molar-refractivity contribution in [1.29, 1.82) is 0 Å². The van der Waals surface area contributed by atoms with E-state index < -0.39 is 5.97 Å². The molecular formula is C18H20O3. The maximum Gasteiger partial charge on any atom is 0.328 e. The van der Waals surface area contributed by atoms with Gasteiger partial charge < -0.3 is 5.11 Å². The molecule has 0 amide bonds. The predicted octanol–water partition coefficient (Wildman–Crippen LogP) is 3.61. The number of fused-ring (bicyclic) bond motifs is 2. The fourth-order valence-electron chi connectivity index (χ4n) is 2.77. The summed E-state index contributed by atoms with van der Waals surface area (Å²) in [7, 11) is 0. The molecule has 0 aromatic heterocycles. The lowest BCUT2D eigenvalue weighted by molar-refractivity contribution is -0.131. The Kier molecular flexibility index (Phi) is 4.73. The fourth-order valence-corrected chi connectivity index (χ4v) is 2.77. The van der Waals surface area contributed by atoms with Gasteiger partial charge in [0.15, 0.2) is 0 Å². The Labute approximate surface area is 125 Å². The average molecular weight is 284 g/mol. The molecule has 110 valence electrons. The summed E-state index contributed by atoms with van der Waals surface area (Å²) < 4.78 is 0. The molecule has 2 unspecified atom stereocenters. The molecule has 3 nitrogen and oxygen atoms in total. The summed E-state index contributed by atoms with van der Waals surface area (Å²) in [6, 6.07) is 0. The smallest absolute Gasteiger partial charge is 0.328 e. The van der Waals surface area contributed by atoms with Gasteiger partial charge in [0, 0.05) is 18.4 Å². The maximum atomic E-state index is 11.5. The highest BCUT2D eigenvalue weighted by Crippen LogP contribution is 2.41. The third-order valence-electron chi connectivity index (χ3n) is 3.87. The van der Waals surface area contributed by atoms with Crippen LogP contribution in [0.15, 0.2) is 59.3 Å². The molecule has 1 N–H and O–H groups in total. The molecule has 2 bridgehead atoms. The topological polar surface area (TPSA) is 54.4 Å². The van der Waals surface area contributed by atoms with Gasteiger partial charge >= 0.3 is 5.97 Å². The Balaban J connectivity index is 1.93. The van der Waals surface area contributed by atoms with Gasteiger partial charge in [-0.05, 0) is 37.3 Å². The monoisotopic (exact) mass is 284 g/mol. The highest BCUT2D eigenvalue weighted by Gasteiger charge is 2.37. The van der Waals surface area contributed by atoms with Crippen LogP contribution in [0.5, 0.6) is 0 Å². The number of hydrogen-bond donors (Lipinski definition) is 1. The Morgan fingerprint density at radius 2 is 2.05 bits per heavy atom. The van der Waals surface area contributed by atoms with Crippen LogP contribution in [0, 0.1) is 11.8 Å². The third kappa shape index (κ3) is 4.15. The van der Waals surface area contributed by atoms with E-state index in [0.29, 0.717) is 23.7 Å². The van der Waals surface area contributed by atoms with E-state index >= 15 is 0 Å². The van der Waals surface area contributed by atoms with Crippen LogP contribution < -0.4 is 0 Å². The zero-order chi connectivity index (χ0) is 15.4. The van der Waals surface area contributed by atoms with E-state index in [0.717, 1.165) is 12.0 Å². The van der Waals surface area contributed by atoms with E-state index in [2.05, 4.69) is 12.2 Å². The lowest BCUT2D eigenvalue weighted by Crippen LogP contribution is -2.06. The minimum Gasteiger partial charge on any atom is -0.478 e. The number of carbonyl (C=O) groups is 2. The number of ketones is 1. The number of rotatable bonds is 5. The molecule has 0 spiro atoms. The second-order valence-electron chi connectivity index (χ2n) is 5.71. The van der Waals surface area contributed by atoms with Gasteiger partial charge in [0.1, 0.15) is 5.78 Å². The van der Waals surface area contributed by atoms with Crippen molar-refractivity contribution in [3.63, 3.8) is 0 Å². The normalized spacial score (nSPS) is 26.2. The highest BCUT2D eigenvalue weighted by atomic mass is 16.4. The number of allylic oxidation sites excluding steroid dienone is 9. The standard InChI is InChI=1S/C18H20O3/c1-12(4-3-5-13(2)8-18(20)21)6-7-14-9-16-10-15(14)11-17(16)19/h3-9,15-16H,10-11H2,1-2H3,(H,20,21)/b5-3+,7-6+,12-4+,13-8+. The molecule has 2 rings (SSSR count). The number of carbonyl (C=O) groups excluding carboxylic acids is 1. The second kappa shape index (κ2) is 6.53. The van der Waals surface area contributed by atoms with Crippen molar-refractivity contribution in [2.24, 2.45) is 11.8 Å².